The second kappa shape index (κ2) is 9.34. The van der Waals surface area contributed by atoms with Gasteiger partial charge in [0.2, 0.25) is 5.91 Å². The van der Waals surface area contributed by atoms with Gasteiger partial charge in [-0.3, -0.25) is 4.79 Å². The number of fused-ring (bicyclic) bond motifs is 1. The number of hydrogen-bond acceptors (Lipinski definition) is 1. The van der Waals surface area contributed by atoms with Crippen LogP contribution in [0.25, 0.3) is 10.8 Å². The van der Waals surface area contributed by atoms with Gasteiger partial charge in [0.15, 0.2) is 0 Å². The number of unbranched alkanes of at least 4 members (excludes halogenated alkanes) is 7. The Morgan fingerprint density at radius 1 is 0.870 bits per heavy atom. The zero-order chi connectivity index (χ0) is 16.5. The van der Waals surface area contributed by atoms with Crippen molar-refractivity contribution in [2.75, 3.05) is 0 Å². The molecule has 0 atom stereocenters. The summed E-state index contributed by atoms with van der Waals surface area (Å²) in [4.78, 5) is 11.7. The monoisotopic (exact) mass is 311 g/mol. The standard InChI is InChI=1S/C21H29NO/c1-2-3-4-5-6-7-8-9-14-19-18-13-11-10-12-17(18)15-16-20(19)21(22)23/h10-13,15-16H,2-9,14H2,1H3,(H2,22,23). The third-order valence-corrected chi connectivity index (χ3v) is 4.59. The molecule has 0 bridgehead atoms. The molecule has 2 nitrogen and oxygen atoms in total. The smallest absolute Gasteiger partial charge is 0.248 e. The van der Waals surface area contributed by atoms with Crippen molar-refractivity contribution < 1.29 is 4.79 Å². The van der Waals surface area contributed by atoms with Crippen LogP contribution in [-0.4, -0.2) is 5.91 Å². The molecule has 23 heavy (non-hydrogen) atoms. The number of aryl methyl sites for hydroxylation is 1. The molecule has 0 saturated heterocycles. The number of primary amides is 1. The van der Waals surface area contributed by atoms with E-state index in [0.717, 1.165) is 18.4 Å². The fourth-order valence-electron chi connectivity index (χ4n) is 3.27. The summed E-state index contributed by atoms with van der Waals surface area (Å²) < 4.78 is 0. The highest BCUT2D eigenvalue weighted by Gasteiger charge is 2.11. The maximum absolute atomic E-state index is 11.7. The van der Waals surface area contributed by atoms with Crippen molar-refractivity contribution in [3.63, 3.8) is 0 Å². The summed E-state index contributed by atoms with van der Waals surface area (Å²) in [7, 11) is 0. The minimum Gasteiger partial charge on any atom is -0.366 e. The molecular formula is C21H29NO. The van der Waals surface area contributed by atoms with Crippen LogP contribution >= 0.6 is 0 Å². The Hall–Kier alpha value is -1.83. The molecule has 0 spiro atoms. The Morgan fingerprint density at radius 3 is 2.22 bits per heavy atom. The van der Waals surface area contributed by atoms with Gasteiger partial charge in [0.05, 0.1) is 0 Å². The number of nitrogens with two attached hydrogens (primary N) is 1. The largest absolute Gasteiger partial charge is 0.366 e. The first-order chi connectivity index (χ1) is 11.2. The normalized spacial score (nSPS) is 11.0. The van der Waals surface area contributed by atoms with Crippen LogP contribution in [0.1, 0.15) is 74.2 Å². The van der Waals surface area contributed by atoms with Gasteiger partial charge in [0.25, 0.3) is 0 Å². The van der Waals surface area contributed by atoms with Crippen LogP contribution in [0, 0.1) is 0 Å². The molecule has 2 aromatic carbocycles. The zero-order valence-electron chi connectivity index (χ0n) is 14.3. The third kappa shape index (κ3) is 5.09. The summed E-state index contributed by atoms with van der Waals surface area (Å²) in [6, 6.07) is 12.1. The first-order valence-electron chi connectivity index (χ1n) is 9.04. The highest BCUT2D eigenvalue weighted by molar-refractivity contribution is 6.00. The van der Waals surface area contributed by atoms with Crippen LogP contribution < -0.4 is 5.73 Å². The van der Waals surface area contributed by atoms with Gasteiger partial charge < -0.3 is 5.73 Å². The third-order valence-electron chi connectivity index (χ3n) is 4.59. The maximum Gasteiger partial charge on any atom is 0.248 e. The number of carbonyl (C=O) groups is 1. The molecule has 0 aliphatic carbocycles. The molecule has 0 fully saturated rings. The molecule has 0 radical (unpaired) electrons. The summed E-state index contributed by atoms with van der Waals surface area (Å²) in [6.45, 7) is 2.25. The van der Waals surface area contributed by atoms with E-state index in [2.05, 4.69) is 19.1 Å². The van der Waals surface area contributed by atoms with Gasteiger partial charge in [0, 0.05) is 5.56 Å². The van der Waals surface area contributed by atoms with Crippen molar-refractivity contribution in [1.29, 1.82) is 0 Å². The fraction of sp³-hybridized carbons (Fsp3) is 0.476. The van der Waals surface area contributed by atoms with Gasteiger partial charge in [-0.05, 0) is 35.2 Å². The van der Waals surface area contributed by atoms with Gasteiger partial charge in [-0.2, -0.15) is 0 Å². The first-order valence-corrected chi connectivity index (χ1v) is 9.04. The molecule has 124 valence electrons. The lowest BCUT2D eigenvalue weighted by atomic mass is 9.94. The summed E-state index contributed by atoms with van der Waals surface area (Å²) in [5.41, 5.74) is 7.38. The van der Waals surface area contributed by atoms with Crippen molar-refractivity contribution >= 4 is 16.7 Å². The summed E-state index contributed by atoms with van der Waals surface area (Å²) in [5, 5.41) is 2.36. The van der Waals surface area contributed by atoms with Gasteiger partial charge in [-0.15, -0.1) is 0 Å². The molecule has 2 heteroatoms. The summed E-state index contributed by atoms with van der Waals surface area (Å²) in [6.07, 6.45) is 11.3. The van der Waals surface area contributed by atoms with Gasteiger partial charge in [-0.1, -0.05) is 82.2 Å². The summed E-state index contributed by atoms with van der Waals surface area (Å²) in [5.74, 6) is -0.315. The molecule has 2 aromatic rings. The quantitative estimate of drug-likeness (QED) is 0.568. The molecule has 0 aliphatic rings. The lowest BCUT2D eigenvalue weighted by Gasteiger charge is -2.11. The number of hydrogen-bond donors (Lipinski definition) is 1. The second-order valence-electron chi connectivity index (χ2n) is 6.40. The van der Waals surface area contributed by atoms with Crippen LogP contribution in [0.5, 0.6) is 0 Å². The van der Waals surface area contributed by atoms with Crippen LogP contribution in [0.3, 0.4) is 0 Å². The van der Waals surface area contributed by atoms with Crippen LogP contribution in [0.4, 0.5) is 0 Å². The van der Waals surface area contributed by atoms with Crippen molar-refractivity contribution in [3.8, 4) is 0 Å². The predicted octanol–water partition coefficient (Wildman–Crippen LogP) is 5.62. The van der Waals surface area contributed by atoms with E-state index in [-0.39, 0.29) is 5.91 Å². The molecule has 0 saturated carbocycles. The van der Waals surface area contributed by atoms with E-state index in [0.29, 0.717) is 5.56 Å². The van der Waals surface area contributed by atoms with Crippen molar-refractivity contribution in [2.24, 2.45) is 5.73 Å². The topological polar surface area (TPSA) is 43.1 Å². The first kappa shape index (κ1) is 17.5. The molecule has 0 unspecified atom stereocenters. The molecule has 0 aliphatic heterocycles. The molecular weight excluding hydrogens is 282 g/mol. The Balaban J connectivity index is 1.93. The van der Waals surface area contributed by atoms with Gasteiger partial charge in [0.1, 0.15) is 0 Å². The van der Waals surface area contributed by atoms with E-state index < -0.39 is 0 Å². The van der Waals surface area contributed by atoms with Crippen molar-refractivity contribution in [2.45, 2.75) is 64.7 Å². The van der Waals surface area contributed by atoms with Crippen molar-refractivity contribution in [1.82, 2.24) is 0 Å². The Bertz CT molecular complexity index is 633. The average Bonchev–Trinajstić information content (AvgIpc) is 2.57. The molecule has 0 heterocycles. The Morgan fingerprint density at radius 2 is 1.52 bits per heavy atom. The SMILES string of the molecule is CCCCCCCCCCc1c(C(N)=O)ccc2ccccc12. The van der Waals surface area contributed by atoms with Gasteiger partial charge in [-0.25, -0.2) is 0 Å². The van der Waals surface area contributed by atoms with E-state index in [4.69, 9.17) is 5.73 Å². The fourth-order valence-corrected chi connectivity index (χ4v) is 3.27. The van der Waals surface area contributed by atoms with Crippen LogP contribution in [0.15, 0.2) is 36.4 Å². The lowest BCUT2D eigenvalue weighted by molar-refractivity contribution is 0.0999. The summed E-state index contributed by atoms with van der Waals surface area (Å²) >= 11 is 0. The molecule has 2 N–H and O–H groups in total. The Kier molecular flexibility index (Phi) is 7.12. The maximum atomic E-state index is 11.7. The molecule has 0 aromatic heterocycles. The lowest BCUT2D eigenvalue weighted by Crippen LogP contribution is -2.14. The van der Waals surface area contributed by atoms with Crippen LogP contribution in [-0.2, 0) is 6.42 Å². The van der Waals surface area contributed by atoms with E-state index in [1.807, 2.05) is 24.3 Å². The number of amides is 1. The average molecular weight is 311 g/mol. The number of rotatable bonds is 10. The predicted molar refractivity (Wildman–Crippen MR) is 98.8 cm³/mol. The highest BCUT2D eigenvalue weighted by atomic mass is 16.1. The van der Waals surface area contributed by atoms with Crippen LogP contribution in [0.2, 0.25) is 0 Å². The Labute approximate surface area is 140 Å². The van der Waals surface area contributed by atoms with E-state index in [9.17, 15) is 4.79 Å². The van der Waals surface area contributed by atoms with E-state index in [1.165, 1.54) is 55.7 Å². The number of carbonyl (C=O) groups excluding carboxylic acids is 1. The van der Waals surface area contributed by atoms with E-state index >= 15 is 0 Å². The van der Waals surface area contributed by atoms with Gasteiger partial charge >= 0.3 is 0 Å². The van der Waals surface area contributed by atoms with Crippen molar-refractivity contribution in [3.05, 3.63) is 47.5 Å². The number of benzene rings is 2. The van der Waals surface area contributed by atoms with E-state index in [1.54, 1.807) is 0 Å². The molecule has 1 amide bonds. The highest BCUT2D eigenvalue weighted by Crippen LogP contribution is 2.24. The minimum atomic E-state index is -0.315. The second-order valence-corrected chi connectivity index (χ2v) is 6.40. The minimum absolute atomic E-state index is 0.315. The molecule has 2 rings (SSSR count). The zero-order valence-corrected chi connectivity index (χ0v) is 14.3.